The van der Waals surface area contributed by atoms with Gasteiger partial charge in [0.2, 0.25) is 0 Å². The molecule has 3 rings (SSSR count). The molecule has 2 aliphatic heterocycles. The average molecular weight is 302 g/mol. The molecule has 4 nitrogen and oxygen atoms in total. The van der Waals surface area contributed by atoms with E-state index in [-0.39, 0.29) is 11.8 Å². The van der Waals surface area contributed by atoms with E-state index in [2.05, 4.69) is 17.7 Å². The molecular weight excluding hydrogens is 280 g/mol. The first-order valence-electron chi connectivity index (χ1n) is 7.71. The van der Waals surface area contributed by atoms with Crippen molar-refractivity contribution in [1.29, 1.82) is 0 Å². The van der Waals surface area contributed by atoms with Crippen LogP contribution in [0, 0.1) is 0 Å². The van der Waals surface area contributed by atoms with Gasteiger partial charge in [0.25, 0.3) is 11.8 Å². The summed E-state index contributed by atoms with van der Waals surface area (Å²) in [5.41, 5.74) is 1.11. The van der Waals surface area contributed by atoms with Crippen molar-refractivity contribution in [2.75, 3.05) is 19.6 Å². The van der Waals surface area contributed by atoms with Crippen molar-refractivity contribution < 1.29 is 9.59 Å². The Hall–Kier alpha value is -1.46. The van der Waals surface area contributed by atoms with E-state index in [4.69, 9.17) is 0 Å². The van der Waals surface area contributed by atoms with E-state index in [9.17, 15) is 9.59 Å². The van der Waals surface area contributed by atoms with Crippen molar-refractivity contribution in [3.63, 3.8) is 0 Å². The number of carbonyl (C=O) groups excluding carboxylic acids is 2. The van der Waals surface area contributed by atoms with Crippen molar-refractivity contribution in [3.05, 3.63) is 35.4 Å². The van der Waals surface area contributed by atoms with Gasteiger partial charge in [0.1, 0.15) is 8.24 Å². The molecule has 0 N–H and O–H groups in total. The summed E-state index contributed by atoms with van der Waals surface area (Å²) in [4.78, 5) is 25.9. The molecule has 5 heteroatoms. The minimum absolute atomic E-state index is 0.131. The zero-order valence-corrected chi connectivity index (χ0v) is 13.8. The van der Waals surface area contributed by atoms with Gasteiger partial charge < -0.3 is 4.57 Å². The first-order valence-corrected chi connectivity index (χ1v) is 10.9. The summed E-state index contributed by atoms with van der Waals surface area (Å²) >= 11 is 0. The lowest BCUT2D eigenvalue weighted by atomic mass is 10.1. The second kappa shape index (κ2) is 5.39. The monoisotopic (exact) mass is 302 g/mol. The van der Waals surface area contributed by atoms with Crippen LogP contribution in [0.15, 0.2) is 24.3 Å². The van der Waals surface area contributed by atoms with Crippen LogP contribution in [0.5, 0.6) is 0 Å². The molecule has 0 aromatic heterocycles. The fourth-order valence-corrected chi connectivity index (χ4v) is 6.31. The minimum Gasteiger partial charge on any atom is -0.324 e. The van der Waals surface area contributed by atoms with E-state index in [1.807, 2.05) is 12.1 Å². The summed E-state index contributed by atoms with van der Waals surface area (Å²) < 4.78 is 2.60. The third-order valence-electron chi connectivity index (χ3n) is 4.76. The highest BCUT2D eigenvalue weighted by Gasteiger charge is 2.36. The summed E-state index contributed by atoms with van der Waals surface area (Å²) in [6.45, 7) is 7.53. The fraction of sp³-hybridized carbons (Fsp3) is 0.500. The van der Waals surface area contributed by atoms with Crippen LogP contribution in [0.3, 0.4) is 0 Å². The van der Waals surface area contributed by atoms with Gasteiger partial charge in [-0.25, -0.2) is 0 Å². The van der Waals surface area contributed by atoms with E-state index in [1.165, 1.54) is 23.9 Å². The molecule has 0 unspecified atom stereocenters. The molecule has 0 aliphatic carbocycles. The smallest absolute Gasteiger partial charge is 0.261 e. The van der Waals surface area contributed by atoms with E-state index in [0.717, 1.165) is 13.0 Å². The molecule has 0 atom stereocenters. The third-order valence-corrected chi connectivity index (χ3v) is 8.50. The zero-order chi connectivity index (χ0) is 15.0. The number of carbonyl (C=O) groups is 2. The van der Waals surface area contributed by atoms with Crippen molar-refractivity contribution in [3.8, 4) is 0 Å². The van der Waals surface area contributed by atoms with Gasteiger partial charge in [-0.15, -0.1) is 0 Å². The van der Waals surface area contributed by atoms with Gasteiger partial charge in [-0.05, 0) is 44.1 Å². The van der Waals surface area contributed by atoms with E-state index in [0.29, 0.717) is 17.7 Å². The van der Waals surface area contributed by atoms with Gasteiger partial charge in [-0.1, -0.05) is 25.2 Å². The lowest BCUT2D eigenvalue weighted by molar-refractivity contribution is 0.0650. The van der Waals surface area contributed by atoms with Crippen LogP contribution in [-0.4, -0.2) is 49.1 Å². The molecule has 0 radical (unpaired) electrons. The first kappa shape index (κ1) is 14.5. The van der Waals surface area contributed by atoms with Crippen LogP contribution in [0.2, 0.25) is 19.1 Å². The normalized spacial score (nSPS) is 21.1. The highest BCUT2D eigenvalue weighted by atomic mass is 28.3. The molecule has 2 aliphatic rings. The van der Waals surface area contributed by atoms with E-state index in [1.54, 1.807) is 12.1 Å². The number of nitrogens with zero attached hydrogens (tertiary/aromatic N) is 2. The molecular formula is C16H22N2O2Si. The molecule has 2 heterocycles. The van der Waals surface area contributed by atoms with Crippen molar-refractivity contribution in [1.82, 2.24) is 9.47 Å². The topological polar surface area (TPSA) is 40.6 Å². The van der Waals surface area contributed by atoms with Crippen LogP contribution < -0.4 is 0 Å². The summed E-state index contributed by atoms with van der Waals surface area (Å²) in [6.07, 6.45) is 2.17. The number of amides is 2. The maximum absolute atomic E-state index is 12.3. The van der Waals surface area contributed by atoms with Crippen molar-refractivity contribution >= 4 is 20.0 Å². The Morgan fingerprint density at radius 2 is 1.67 bits per heavy atom. The highest BCUT2D eigenvalue weighted by molar-refractivity contribution is 6.75. The Labute approximate surface area is 126 Å². The summed E-state index contributed by atoms with van der Waals surface area (Å²) in [6, 6.07) is 8.47. The van der Waals surface area contributed by atoms with E-state index >= 15 is 0 Å². The van der Waals surface area contributed by atoms with Gasteiger partial charge in [0, 0.05) is 6.54 Å². The number of benzene rings is 1. The van der Waals surface area contributed by atoms with Crippen molar-refractivity contribution in [2.45, 2.75) is 32.0 Å². The molecule has 0 bridgehead atoms. The van der Waals surface area contributed by atoms with Gasteiger partial charge in [0.05, 0.1) is 11.1 Å². The SMILES string of the molecule is C[Si]1(C)CCCN1CCCN1C(=O)c2ccccc2C1=O. The lowest BCUT2D eigenvalue weighted by Crippen LogP contribution is -2.44. The second-order valence-corrected chi connectivity index (χ2v) is 11.3. The molecule has 112 valence electrons. The summed E-state index contributed by atoms with van der Waals surface area (Å²) in [5.74, 6) is -0.262. The van der Waals surface area contributed by atoms with Crippen LogP contribution in [0.4, 0.5) is 0 Å². The van der Waals surface area contributed by atoms with Crippen LogP contribution >= 0.6 is 0 Å². The quantitative estimate of drug-likeness (QED) is 0.634. The maximum atomic E-state index is 12.3. The Bertz CT molecular complexity index is 550. The second-order valence-electron chi connectivity index (χ2n) is 6.56. The first-order chi connectivity index (χ1) is 10.0. The Morgan fingerprint density at radius 3 is 2.19 bits per heavy atom. The van der Waals surface area contributed by atoms with Gasteiger partial charge in [0.15, 0.2) is 0 Å². The highest BCUT2D eigenvalue weighted by Crippen LogP contribution is 2.26. The largest absolute Gasteiger partial charge is 0.324 e. The Morgan fingerprint density at radius 1 is 1.05 bits per heavy atom. The van der Waals surface area contributed by atoms with Crippen LogP contribution in [0.1, 0.15) is 33.6 Å². The number of rotatable bonds is 4. The van der Waals surface area contributed by atoms with Gasteiger partial charge in [-0.2, -0.15) is 0 Å². The van der Waals surface area contributed by atoms with Crippen LogP contribution in [-0.2, 0) is 0 Å². The molecule has 0 spiro atoms. The minimum atomic E-state index is -1.20. The Kier molecular flexibility index (Phi) is 3.71. The molecule has 1 aromatic rings. The summed E-state index contributed by atoms with van der Waals surface area (Å²) in [7, 11) is -1.20. The van der Waals surface area contributed by atoms with Crippen molar-refractivity contribution in [2.24, 2.45) is 0 Å². The molecule has 1 fully saturated rings. The van der Waals surface area contributed by atoms with E-state index < -0.39 is 8.24 Å². The standard InChI is InChI=1S/C16H22N2O2Si/c1-21(2)12-6-10-17(21)9-5-11-18-15(19)13-7-3-4-8-14(13)16(18)20/h3-4,7-8H,5-6,9-12H2,1-2H3. The molecule has 2 amide bonds. The Balaban J connectivity index is 1.60. The molecule has 0 saturated carbocycles. The fourth-order valence-electron chi connectivity index (χ4n) is 3.44. The molecule has 21 heavy (non-hydrogen) atoms. The third kappa shape index (κ3) is 2.56. The molecule has 1 saturated heterocycles. The lowest BCUT2D eigenvalue weighted by Gasteiger charge is -2.30. The number of fused-ring (bicyclic) bond motifs is 1. The number of hydrogen-bond acceptors (Lipinski definition) is 3. The van der Waals surface area contributed by atoms with Gasteiger partial charge >= 0.3 is 0 Å². The van der Waals surface area contributed by atoms with Gasteiger partial charge in [-0.3, -0.25) is 14.5 Å². The average Bonchev–Trinajstić information content (AvgIpc) is 2.92. The maximum Gasteiger partial charge on any atom is 0.261 e. The predicted octanol–water partition coefficient (Wildman–Crippen LogP) is 2.58. The predicted molar refractivity (Wildman–Crippen MR) is 84.9 cm³/mol. The zero-order valence-electron chi connectivity index (χ0n) is 12.8. The summed E-state index contributed by atoms with van der Waals surface area (Å²) in [5, 5.41) is 0. The van der Waals surface area contributed by atoms with Crippen LogP contribution in [0.25, 0.3) is 0 Å². The number of imide groups is 1. The molecule has 1 aromatic carbocycles. The number of hydrogen-bond donors (Lipinski definition) is 0.